The zero-order valence-corrected chi connectivity index (χ0v) is 58.6. The van der Waals surface area contributed by atoms with Crippen molar-refractivity contribution in [1.82, 2.24) is 8.80 Å². The van der Waals surface area contributed by atoms with Crippen molar-refractivity contribution in [3.63, 3.8) is 0 Å². The molecule has 0 unspecified atom stereocenters. The quantitative estimate of drug-likeness (QED) is 0.121. The molecular formula is C96H84N2. The minimum Gasteiger partial charge on any atom is -0.308 e. The first-order valence-corrected chi connectivity index (χ1v) is 35.2. The Morgan fingerprint density at radius 2 is 0.408 bits per heavy atom. The van der Waals surface area contributed by atoms with Crippen LogP contribution in [0.2, 0.25) is 0 Å². The van der Waals surface area contributed by atoms with Crippen molar-refractivity contribution >= 4 is 76.2 Å². The van der Waals surface area contributed by atoms with Gasteiger partial charge in [0.2, 0.25) is 0 Å². The van der Waals surface area contributed by atoms with Crippen LogP contribution >= 0.6 is 0 Å². The van der Waals surface area contributed by atoms with Crippen molar-refractivity contribution in [1.29, 1.82) is 0 Å². The largest absolute Gasteiger partial charge is 0.308 e. The highest BCUT2D eigenvalue weighted by Gasteiger charge is 2.42. The molecule has 0 amide bonds. The Labute approximate surface area is 577 Å². The maximum atomic E-state index is 2.70. The predicted octanol–water partition coefficient (Wildman–Crippen LogP) is 25.3. The smallest absolute Gasteiger partial charge is 0.0702 e. The van der Waals surface area contributed by atoms with Crippen LogP contribution in [-0.2, 0) is 32.5 Å². The van der Waals surface area contributed by atoms with Crippen LogP contribution in [0.5, 0.6) is 0 Å². The fourth-order valence-electron chi connectivity index (χ4n) is 16.9. The number of aromatic nitrogens is 2. The molecule has 0 fully saturated rings. The first-order chi connectivity index (χ1) is 47.1. The molecule has 0 aliphatic carbocycles. The van der Waals surface area contributed by atoms with E-state index in [1.165, 1.54) is 165 Å². The second-order valence-corrected chi connectivity index (χ2v) is 32.1. The molecule has 0 aliphatic heterocycles. The van der Waals surface area contributed by atoms with Crippen molar-refractivity contribution in [2.45, 2.75) is 116 Å². The molecule has 0 N–H and O–H groups in total. The summed E-state index contributed by atoms with van der Waals surface area (Å²) in [7, 11) is 0. The van der Waals surface area contributed by atoms with Gasteiger partial charge in [0.15, 0.2) is 0 Å². The number of nitrogens with zero attached hydrogens (tertiary/aromatic N) is 2. The molecule has 0 atom stereocenters. The average molecular weight is 1270 g/mol. The lowest BCUT2D eigenvalue weighted by Gasteiger charge is -2.37. The number of benzene rings is 13. The molecule has 17 rings (SSSR count). The number of hydrogen-bond acceptors (Lipinski definition) is 0. The lowest BCUT2D eigenvalue weighted by atomic mass is 9.65. The number of fused-ring (bicyclic) bond motifs is 14. The summed E-state index contributed by atoms with van der Waals surface area (Å²) in [6.45, 7) is 28.2. The maximum Gasteiger partial charge on any atom is 0.0702 e. The summed E-state index contributed by atoms with van der Waals surface area (Å²) < 4.78 is 5.40. The van der Waals surface area contributed by atoms with E-state index in [4.69, 9.17) is 0 Å². The van der Waals surface area contributed by atoms with Crippen molar-refractivity contribution in [3.05, 3.63) is 358 Å². The molecule has 13 aromatic carbocycles. The van der Waals surface area contributed by atoms with Crippen LogP contribution in [0.3, 0.4) is 0 Å². The fraction of sp³-hybridized carbons (Fsp3) is 0.188. The van der Waals surface area contributed by atoms with Crippen molar-refractivity contribution in [2.24, 2.45) is 0 Å². The highest BCUT2D eigenvalue weighted by atomic mass is 14.9. The normalized spacial score (nSPS) is 13.1. The molecule has 478 valence electrons. The van der Waals surface area contributed by atoms with Crippen molar-refractivity contribution in [3.8, 4) is 22.3 Å². The molecule has 4 aromatic heterocycles. The molecule has 0 bridgehead atoms. The van der Waals surface area contributed by atoms with Crippen LogP contribution < -0.4 is 0 Å². The third-order valence-corrected chi connectivity index (χ3v) is 22.0. The van der Waals surface area contributed by atoms with Crippen LogP contribution in [0.15, 0.2) is 291 Å². The molecule has 2 nitrogen and oxygen atoms in total. The third kappa shape index (κ3) is 9.20. The Bertz CT molecular complexity index is 5280. The van der Waals surface area contributed by atoms with E-state index in [-0.39, 0.29) is 21.7 Å². The van der Waals surface area contributed by atoms with E-state index in [2.05, 4.69) is 383 Å². The Kier molecular flexibility index (Phi) is 13.7. The lowest BCUT2D eigenvalue weighted by Crippen LogP contribution is -2.31. The molecule has 0 spiro atoms. The van der Waals surface area contributed by atoms with Crippen LogP contribution in [0.4, 0.5) is 0 Å². The summed E-state index contributed by atoms with van der Waals surface area (Å²) in [5.74, 6) is 0. The van der Waals surface area contributed by atoms with Crippen molar-refractivity contribution in [2.75, 3.05) is 0 Å². The van der Waals surface area contributed by atoms with Gasteiger partial charge in [0.1, 0.15) is 0 Å². The van der Waals surface area contributed by atoms with E-state index in [0.29, 0.717) is 0 Å². The summed E-state index contributed by atoms with van der Waals surface area (Å²) in [6, 6.07) is 112. The topological polar surface area (TPSA) is 8.82 Å². The predicted molar refractivity (Wildman–Crippen MR) is 418 cm³/mol. The Hall–Kier alpha value is -10.5. The maximum absolute atomic E-state index is 2.70. The second kappa shape index (κ2) is 22.0. The lowest BCUT2D eigenvalue weighted by molar-refractivity contribution is 0.568. The Balaban J connectivity index is 1.07. The first-order valence-electron chi connectivity index (χ1n) is 35.2. The van der Waals surface area contributed by atoms with E-state index in [1.54, 1.807) is 0 Å². The van der Waals surface area contributed by atoms with Gasteiger partial charge in [-0.15, -0.1) is 0 Å². The zero-order valence-electron chi connectivity index (χ0n) is 58.6. The molecule has 0 saturated carbocycles. The van der Waals surface area contributed by atoms with Gasteiger partial charge in [0.05, 0.1) is 43.9 Å². The summed E-state index contributed by atoms with van der Waals surface area (Å²) in [5, 5.41) is 10.1. The number of rotatable bonds is 10. The molecule has 2 heteroatoms. The summed E-state index contributed by atoms with van der Waals surface area (Å²) in [5.41, 5.74) is 25.8. The molecule has 0 radical (unpaired) electrons. The number of hydrogen-bond donors (Lipinski definition) is 0. The minimum atomic E-state index is -0.668. The van der Waals surface area contributed by atoms with Crippen LogP contribution in [0.25, 0.3) is 98.4 Å². The van der Waals surface area contributed by atoms with Gasteiger partial charge in [0, 0.05) is 43.1 Å². The molecule has 98 heavy (non-hydrogen) atoms. The molecule has 17 aromatic rings. The first kappa shape index (κ1) is 61.1. The van der Waals surface area contributed by atoms with Gasteiger partial charge in [-0.25, -0.2) is 0 Å². The second-order valence-electron chi connectivity index (χ2n) is 32.1. The fourth-order valence-corrected chi connectivity index (χ4v) is 16.9. The standard InChI is InChI=1S/C96H84N2/c1-91(2,3)73-51-63(52-74(57-73)92(4,5)6)61-43-47-77-81(55-61)97-83-59-71(95(65-31-19-13-20-32-65,66-33-21-14-22-34-66)67-35-23-15-24-36-67)45-49-79(83)88-86-78-48-44-62(64-53-75(93(7,8)9)58-76(54-64)94(10,11)12)56-82(78)98-84-60-72(46-50-80(84)87(90(86)98)85(77)89(88)97)96(68-37-25-16-26-38-68,69-39-27-17-28-40-69)70-41-29-18-30-42-70/h13-60H,1-12H3. The van der Waals surface area contributed by atoms with Crippen LogP contribution in [0.1, 0.15) is 150 Å². The SMILES string of the molecule is CC(C)(C)c1cc(-c2ccc3c4c5c6ccc(C(c7ccccc7)(c7ccccc7)c7ccccc7)cc6n6c7cc(-c8cc(C(C)(C)C)cc(C(C)(C)C)c8)ccc7c(c7c8ccc(C(c9ccccc9)(c9ccccc9)c9ccccc9)cc8n(c3c2)c47)c56)cc(C(C)(C)C)c1. The van der Waals surface area contributed by atoms with Gasteiger partial charge < -0.3 is 8.80 Å². The van der Waals surface area contributed by atoms with E-state index in [1.807, 2.05) is 0 Å². The molecule has 0 aliphatic rings. The van der Waals surface area contributed by atoms with Crippen LogP contribution in [0, 0.1) is 0 Å². The van der Waals surface area contributed by atoms with Crippen LogP contribution in [-0.4, -0.2) is 8.80 Å². The van der Waals surface area contributed by atoms with Gasteiger partial charge in [0.25, 0.3) is 0 Å². The van der Waals surface area contributed by atoms with E-state index in [0.717, 1.165) is 0 Å². The van der Waals surface area contributed by atoms with Gasteiger partial charge >= 0.3 is 0 Å². The van der Waals surface area contributed by atoms with Gasteiger partial charge in [-0.1, -0.05) is 350 Å². The summed E-state index contributed by atoms with van der Waals surface area (Å²) in [4.78, 5) is 0. The molecule has 4 heterocycles. The highest BCUT2D eigenvalue weighted by molar-refractivity contribution is 6.45. The monoisotopic (exact) mass is 1260 g/mol. The summed E-state index contributed by atoms with van der Waals surface area (Å²) in [6.07, 6.45) is 0. The molecular weight excluding hydrogens is 1180 g/mol. The van der Waals surface area contributed by atoms with E-state index >= 15 is 0 Å². The van der Waals surface area contributed by atoms with E-state index < -0.39 is 10.8 Å². The van der Waals surface area contributed by atoms with E-state index in [9.17, 15) is 0 Å². The zero-order chi connectivity index (χ0) is 67.4. The van der Waals surface area contributed by atoms with Crippen molar-refractivity contribution < 1.29 is 0 Å². The van der Waals surface area contributed by atoms with Gasteiger partial charge in [-0.05, 0) is 135 Å². The van der Waals surface area contributed by atoms with Gasteiger partial charge in [-0.2, -0.15) is 0 Å². The minimum absolute atomic E-state index is 0.0550. The average Bonchev–Trinajstić information content (AvgIpc) is 1.49. The third-order valence-electron chi connectivity index (χ3n) is 22.0. The van der Waals surface area contributed by atoms with Gasteiger partial charge in [-0.3, -0.25) is 0 Å². The highest BCUT2D eigenvalue weighted by Crippen LogP contribution is 2.56. The summed E-state index contributed by atoms with van der Waals surface area (Å²) >= 11 is 0. The molecule has 0 saturated heterocycles. The Morgan fingerprint density at radius 3 is 0.643 bits per heavy atom. The Morgan fingerprint density at radius 1 is 0.184 bits per heavy atom.